The number of ether oxygens (including phenoxy) is 1. The average molecular weight is 317 g/mol. The molecule has 1 saturated heterocycles. The molecule has 0 bridgehead atoms. The van der Waals surface area contributed by atoms with Gasteiger partial charge in [-0.15, -0.1) is 0 Å². The molecule has 6 nitrogen and oxygen atoms in total. The Morgan fingerprint density at radius 3 is 3.11 bits per heavy atom. The average Bonchev–Trinajstić information content (AvgIpc) is 2.68. The summed E-state index contributed by atoms with van der Waals surface area (Å²) in [5, 5.41) is 6.98. The van der Waals surface area contributed by atoms with Gasteiger partial charge in [-0.1, -0.05) is 6.92 Å². The van der Waals surface area contributed by atoms with Crippen molar-refractivity contribution in [1.82, 2.24) is 14.7 Å². The number of hydrogen-bond donors (Lipinski definition) is 1. The first kappa shape index (κ1) is 13.4. The minimum atomic E-state index is -0.115. The van der Waals surface area contributed by atoms with E-state index in [1.807, 2.05) is 11.9 Å². The molecular formula is C11H17BrN4O2. The van der Waals surface area contributed by atoms with Crippen molar-refractivity contribution in [2.45, 2.75) is 19.4 Å². The lowest BCUT2D eigenvalue weighted by atomic mass is 10.2. The number of aryl methyl sites for hydroxylation is 1. The van der Waals surface area contributed by atoms with Crippen molar-refractivity contribution in [3.8, 4) is 0 Å². The Kier molecular flexibility index (Phi) is 4.23. The molecule has 0 saturated carbocycles. The van der Waals surface area contributed by atoms with Gasteiger partial charge in [-0.25, -0.2) is 4.79 Å². The number of nitrogens with one attached hydrogen (secondary N) is 1. The van der Waals surface area contributed by atoms with E-state index >= 15 is 0 Å². The number of amides is 2. The molecule has 1 fully saturated rings. The van der Waals surface area contributed by atoms with Crippen LogP contribution in [0.5, 0.6) is 0 Å². The molecule has 1 aliphatic heterocycles. The Labute approximate surface area is 114 Å². The molecule has 0 aliphatic carbocycles. The van der Waals surface area contributed by atoms with Crippen LogP contribution in [-0.4, -0.2) is 46.5 Å². The first-order valence-electron chi connectivity index (χ1n) is 5.96. The Hall–Kier alpha value is -1.08. The topological polar surface area (TPSA) is 59.4 Å². The minimum Gasteiger partial charge on any atom is -0.377 e. The van der Waals surface area contributed by atoms with E-state index in [2.05, 4.69) is 33.3 Å². The van der Waals surface area contributed by atoms with Gasteiger partial charge in [0.05, 0.1) is 19.3 Å². The maximum atomic E-state index is 12.2. The largest absolute Gasteiger partial charge is 0.377 e. The van der Waals surface area contributed by atoms with Gasteiger partial charge in [0.15, 0.2) is 5.82 Å². The van der Waals surface area contributed by atoms with E-state index in [0.29, 0.717) is 25.6 Å². The molecule has 100 valence electrons. The zero-order valence-corrected chi connectivity index (χ0v) is 12.1. The number of carbonyl (C=O) groups excluding carboxylic acids is 1. The third-order valence-corrected chi connectivity index (χ3v) is 3.76. The van der Waals surface area contributed by atoms with Gasteiger partial charge in [0.1, 0.15) is 4.60 Å². The first-order valence-corrected chi connectivity index (χ1v) is 6.76. The van der Waals surface area contributed by atoms with Gasteiger partial charge in [0.2, 0.25) is 0 Å². The Morgan fingerprint density at radius 1 is 1.72 bits per heavy atom. The number of halogens is 1. The van der Waals surface area contributed by atoms with Crippen molar-refractivity contribution in [2.75, 3.05) is 25.1 Å². The Bertz CT molecular complexity index is 415. The van der Waals surface area contributed by atoms with Crippen LogP contribution in [0.15, 0.2) is 10.7 Å². The normalized spacial score (nSPS) is 19.9. The van der Waals surface area contributed by atoms with Crippen molar-refractivity contribution >= 4 is 27.8 Å². The molecule has 2 amide bonds. The van der Waals surface area contributed by atoms with Gasteiger partial charge in [0, 0.05) is 19.7 Å². The number of nitrogens with zero attached hydrogens (tertiary/aromatic N) is 3. The first-order chi connectivity index (χ1) is 8.61. The Balaban J connectivity index is 2.02. The second kappa shape index (κ2) is 5.71. The number of hydrogen-bond acceptors (Lipinski definition) is 3. The molecule has 7 heteroatoms. The van der Waals surface area contributed by atoms with Crippen molar-refractivity contribution in [2.24, 2.45) is 7.05 Å². The van der Waals surface area contributed by atoms with Crippen LogP contribution < -0.4 is 5.32 Å². The third kappa shape index (κ3) is 2.84. The molecule has 0 aromatic carbocycles. The van der Waals surface area contributed by atoms with Gasteiger partial charge in [-0.3, -0.25) is 10.00 Å². The van der Waals surface area contributed by atoms with E-state index in [1.54, 1.807) is 10.7 Å². The monoisotopic (exact) mass is 316 g/mol. The van der Waals surface area contributed by atoms with Crippen LogP contribution in [0.4, 0.5) is 10.6 Å². The predicted molar refractivity (Wildman–Crippen MR) is 71.5 cm³/mol. The van der Waals surface area contributed by atoms with Crippen LogP contribution >= 0.6 is 15.9 Å². The summed E-state index contributed by atoms with van der Waals surface area (Å²) < 4.78 is 7.86. The summed E-state index contributed by atoms with van der Waals surface area (Å²) in [6.45, 7) is 3.88. The molecule has 1 aromatic heterocycles. The summed E-state index contributed by atoms with van der Waals surface area (Å²) in [5.41, 5.74) is 0. The molecule has 18 heavy (non-hydrogen) atoms. The number of anilines is 1. The van der Waals surface area contributed by atoms with Crippen molar-refractivity contribution in [3.05, 3.63) is 10.7 Å². The summed E-state index contributed by atoms with van der Waals surface area (Å²) in [7, 11) is 1.81. The van der Waals surface area contributed by atoms with Gasteiger partial charge in [0.25, 0.3) is 0 Å². The van der Waals surface area contributed by atoms with Crippen LogP contribution in [0, 0.1) is 0 Å². The number of morpholine rings is 1. The summed E-state index contributed by atoms with van der Waals surface area (Å²) in [5.74, 6) is 0.552. The summed E-state index contributed by atoms with van der Waals surface area (Å²) in [6.07, 6.45) is 0.888. The highest BCUT2D eigenvalue weighted by Crippen LogP contribution is 2.16. The summed E-state index contributed by atoms with van der Waals surface area (Å²) in [4.78, 5) is 14.0. The van der Waals surface area contributed by atoms with E-state index in [4.69, 9.17) is 4.74 Å². The van der Waals surface area contributed by atoms with Crippen LogP contribution in [0.25, 0.3) is 0 Å². The molecule has 0 radical (unpaired) electrons. The molecule has 1 N–H and O–H groups in total. The third-order valence-electron chi connectivity index (χ3n) is 3.02. The van der Waals surface area contributed by atoms with Crippen molar-refractivity contribution < 1.29 is 9.53 Å². The highest BCUT2D eigenvalue weighted by atomic mass is 79.9. The van der Waals surface area contributed by atoms with Crippen LogP contribution in [-0.2, 0) is 11.8 Å². The van der Waals surface area contributed by atoms with Crippen molar-refractivity contribution in [1.29, 1.82) is 0 Å². The molecule has 1 unspecified atom stereocenters. The Morgan fingerprint density at radius 2 is 2.50 bits per heavy atom. The summed E-state index contributed by atoms with van der Waals surface area (Å²) >= 11 is 3.34. The predicted octanol–water partition coefficient (Wildman–Crippen LogP) is 1.83. The fraction of sp³-hybridized carbons (Fsp3) is 0.636. The standard InChI is InChI=1S/C11H17BrN4O2/c1-3-8-7-18-5-4-16(8)11(17)13-10-6-9(12)15(2)14-10/h6,8H,3-5,7H2,1-2H3,(H,13,14,17). The highest BCUT2D eigenvalue weighted by Gasteiger charge is 2.26. The lowest BCUT2D eigenvalue weighted by molar-refractivity contribution is 0.0143. The van der Waals surface area contributed by atoms with E-state index in [1.165, 1.54) is 0 Å². The molecule has 1 aliphatic rings. The molecular weight excluding hydrogens is 300 g/mol. The minimum absolute atomic E-state index is 0.115. The number of carbonyl (C=O) groups is 1. The zero-order chi connectivity index (χ0) is 13.1. The molecule has 2 heterocycles. The van der Waals surface area contributed by atoms with Gasteiger partial charge in [-0.05, 0) is 22.4 Å². The molecule has 1 atom stereocenters. The van der Waals surface area contributed by atoms with E-state index in [-0.39, 0.29) is 12.1 Å². The van der Waals surface area contributed by atoms with Crippen LogP contribution in [0.1, 0.15) is 13.3 Å². The fourth-order valence-electron chi connectivity index (χ4n) is 1.95. The van der Waals surface area contributed by atoms with E-state index < -0.39 is 0 Å². The second-order valence-corrected chi connectivity index (χ2v) is 5.05. The van der Waals surface area contributed by atoms with E-state index in [0.717, 1.165) is 11.0 Å². The number of aromatic nitrogens is 2. The van der Waals surface area contributed by atoms with Gasteiger partial charge in [-0.2, -0.15) is 5.10 Å². The van der Waals surface area contributed by atoms with Crippen molar-refractivity contribution in [3.63, 3.8) is 0 Å². The lowest BCUT2D eigenvalue weighted by Crippen LogP contribution is -2.50. The molecule has 2 rings (SSSR count). The van der Waals surface area contributed by atoms with E-state index in [9.17, 15) is 4.79 Å². The van der Waals surface area contributed by atoms with Crippen LogP contribution in [0.3, 0.4) is 0 Å². The zero-order valence-electron chi connectivity index (χ0n) is 10.5. The molecule has 1 aromatic rings. The molecule has 0 spiro atoms. The van der Waals surface area contributed by atoms with Crippen LogP contribution in [0.2, 0.25) is 0 Å². The highest BCUT2D eigenvalue weighted by molar-refractivity contribution is 9.10. The summed E-state index contributed by atoms with van der Waals surface area (Å²) in [6, 6.07) is 1.81. The fourth-order valence-corrected chi connectivity index (χ4v) is 2.24. The lowest BCUT2D eigenvalue weighted by Gasteiger charge is -2.34. The second-order valence-electron chi connectivity index (χ2n) is 4.24. The maximum absolute atomic E-state index is 12.2. The van der Waals surface area contributed by atoms with Gasteiger partial charge < -0.3 is 9.64 Å². The smallest absolute Gasteiger partial charge is 0.323 e. The quantitative estimate of drug-likeness (QED) is 0.905. The van der Waals surface area contributed by atoms with Gasteiger partial charge >= 0.3 is 6.03 Å². The number of urea groups is 1. The SMILES string of the molecule is CCC1COCCN1C(=O)Nc1cc(Br)n(C)n1. The number of rotatable bonds is 2. The maximum Gasteiger partial charge on any atom is 0.323 e.